The summed E-state index contributed by atoms with van der Waals surface area (Å²) in [7, 11) is 3.50. The van der Waals surface area contributed by atoms with Gasteiger partial charge in [0.15, 0.2) is 5.96 Å². The molecular weight excluding hydrogens is 262 g/mol. The molecule has 0 bridgehead atoms. The maximum Gasteiger partial charge on any atom is 0.191 e. The highest BCUT2D eigenvalue weighted by atomic mass is 16.5. The van der Waals surface area contributed by atoms with Gasteiger partial charge in [-0.05, 0) is 36.0 Å². The van der Waals surface area contributed by atoms with Crippen molar-refractivity contribution in [3.05, 3.63) is 29.8 Å². The van der Waals surface area contributed by atoms with E-state index in [2.05, 4.69) is 34.7 Å². The number of benzene rings is 1. The number of ether oxygens (including phenoxy) is 1. The van der Waals surface area contributed by atoms with Gasteiger partial charge in [0.25, 0.3) is 0 Å². The molecule has 1 fully saturated rings. The number of methoxy groups -OCH3 is 1. The Morgan fingerprint density at radius 3 is 2.43 bits per heavy atom. The van der Waals surface area contributed by atoms with E-state index in [9.17, 15) is 0 Å². The quantitative estimate of drug-likeness (QED) is 0.647. The third kappa shape index (κ3) is 4.66. The Hall–Kier alpha value is -1.71. The molecule has 1 aliphatic rings. The second-order valence-corrected chi connectivity index (χ2v) is 6.15. The van der Waals surface area contributed by atoms with Crippen molar-refractivity contribution in [2.45, 2.75) is 39.2 Å². The lowest BCUT2D eigenvalue weighted by molar-refractivity contribution is 0.334. The van der Waals surface area contributed by atoms with Crippen LogP contribution in [0.1, 0.15) is 38.2 Å². The molecule has 0 saturated heterocycles. The van der Waals surface area contributed by atoms with E-state index in [1.165, 1.54) is 31.2 Å². The average molecular weight is 289 g/mol. The maximum atomic E-state index is 5.17. The van der Waals surface area contributed by atoms with Crippen molar-refractivity contribution >= 4 is 5.96 Å². The molecule has 0 aromatic heterocycles. The molecule has 2 N–H and O–H groups in total. The average Bonchev–Trinajstić information content (AvgIpc) is 2.95. The lowest BCUT2D eigenvalue weighted by Gasteiger charge is -2.25. The summed E-state index contributed by atoms with van der Waals surface area (Å²) in [5.41, 5.74) is 1.64. The molecule has 21 heavy (non-hydrogen) atoms. The number of guanidine groups is 1. The summed E-state index contributed by atoms with van der Waals surface area (Å²) in [6.45, 7) is 4.12. The number of nitrogens with zero attached hydrogens (tertiary/aromatic N) is 1. The van der Waals surface area contributed by atoms with Crippen LogP contribution >= 0.6 is 0 Å². The van der Waals surface area contributed by atoms with Crippen molar-refractivity contribution in [2.75, 3.05) is 20.7 Å². The second-order valence-electron chi connectivity index (χ2n) is 6.15. The maximum absolute atomic E-state index is 5.17. The highest BCUT2D eigenvalue weighted by molar-refractivity contribution is 5.79. The second kappa shape index (κ2) is 7.34. The lowest BCUT2D eigenvalue weighted by atomic mass is 9.89. The normalized spacial score (nSPS) is 17.6. The number of aliphatic imine (C=N–C) groups is 1. The Balaban J connectivity index is 1.79. The van der Waals surface area contributed by atoms with E-state index in [4.69, 9.17) is 4.74 Å². The summed E-state index contributed by atoms with van der Waals surface area (Å²) in [5, 5.41) is 6.82. The monoisotopic (exact) mass is 289 g/mol. The molecule has 0 unspecified atom stereocenters. The smallest absolute Gasteiger partial charge is 0.191 e. The topological polar surface area (TPSA) is 45.7 Å². The fraction of sp³-hybridized carbons (Fsp3) is 0.588. The molecule has 2 rings (SSSR count). The van der Waals surface area contributed by atoms with Crippen LogP contribution < -0.4 is 15.4 Å². The van der Waals surface area contributed by atoms with Gasteiger partial charge in [0.05, 0.1) is 7.11 Å². The Labute approximate surface area is 128 Å². The first-order valence-corrected chi connectivity index (χ1v) is 7.73. The molecule has 0 spiro atoms. The Bertz CT molecular complexity index is 461. The van der Waals surface area contributed by atoms with E-state index >= 15 is 0 Å². The van der Waals surface area contributed by atoms with Gasteiger partial charge >= 0.3 is 0 Å². The van der Waals surface area contributed by atoms with Crippen molar-refractivity contribution in [1.82, 2.24) is 10.6 Å². The highest BCUT2D eigenvalue weighted by Crippen LogP contribution is 2.36. The SMILES string of the molecule is CN=C(NCc1ccc(OC)cc1)NCC1(C)CCCC1. The standard InChI is InChI=1S/C17H27N3O/c1-17(10-4-5-11-17)13-20-16(18-2)19-12-14-6-8-15(21-3)9-7-14/h6-9H,4-5,10-13H2,1-3H3,(H2,18,19,20). The first-order valence-electron chi connectivity index (χ1n) is 7.73. The molecule has 0 amide bonds. The summed E-state index contributed by atoms with van der Waals surface area (Å²) in [5.74, 6) is 1.76. The number of hydrogen-bond acceptors (Lipinski definition) is 2. The molecule has 1 aromatic rings. The summed E-state index contributed by atoms with van der Waals surface area (Å²) >= 11 is 0. The largest absolute Gasteiger partial charge is 0.497 e. The van der Waals surface area contributed by atoms with Crippen LogP contribution in [0.5, 0.6) is 5.75 Å². The van der Waals surface area contributed by atoms with E-state index in [0.717, 1.165) is 24.8 Å². The molecule has 4 heteroatoms. The molecule has 0 heterocycles. The van der Waals surface area contributed by atoms with Crippen LogP contribution in [0.15, 0.2) is 29.3 Å². The molecule has 4 nitrogen and oxygen atoms in total. The number of rotatable bonds is 5. The molecule has 116 valence electrons. The number of hydrogen-bond donors (Lipinski definition) is 2. The molecule has 0 aliphatic heterocycles. The van der Waals surface area contributed by atoms with Crippen LogP contribution in [-0.4, -0.2) is 26.7 Å². The van der Waals surface area contributed by atoms with Crippen molar-refractivity contribution in [1.29, 1.82) is 0 Å². The van der Waals surface area contributed by atoms with Gasteiger partial charge < -0.3 is 15.4 Å². The van der Waals surface area contributed by atoms with Crippen LogP contribution in [-0.2, 0) is 6.54 Å². The fourth-order valence-electron chi connectivity index (χ4n) is 2.85. The first-order chi connectivity index (χ1) is 10.1. The first kappa shape index (κ1) is 15.7. The molecular formula is C17H27N3O. The minimum absolute atomic E-state index is 0.428. The molecule has 0 atom stereocenters. The summed E-state index contributed by atoms with van der Waals surface area (Å²) in [4.78, 5) is 4.30. The van der Waals surface area contributed by atoms with Gasteiger partial charge in [-0.2, -0.15) is 0 Å². The molecule has 1 saturated carbocycles. The third-order valence-electron chi connectivity index (χ3n) is 4.34. The predicted molar refractivity (Wildman–Crippen MR) is 87.8 cm³/mol. The van der Waals surface area contributed by atoms with Crippen LogP contribution in [0, 0.1) is 5.41 Å². The minimum atomic E-state index is 0.428. The van der Waals surface area contributed by atoms with E-state index in [0.29, 0.717) is 5.41 Å². The zero-order valence-electron chi connectivity index (χ0n) is 13.4. The zero-order chi connectivity index (χ0) is 15.1. The van der Waals surface area contributed by atoms with Gasteiger partial charge in [0.2, 0.25) is 0 Å². The van der Waals surface area contributed by atoms with E-state index in [1.54, 1.807) is 7.11 Å². The minimum Gasteiger partial charge on any atom is -0.497 e. The zero-order valence-corrected chi connectivity index (χ0v) is 13.4. The van der Waals surface area contributed by atoms with Crippen molar-refractivity contribution in [3.63, 3.8) is 0 Å². The number of nitrogens with one attached hydrogen (secondary N) is 2. The van der Waals surface area contributed by atoms with Crippen LogP contribution in [0.4, 0.5) is 0 Å². The summed E-state index contributed by atoms with van der Waals surface area (Å²) in [6, 6.07) is 8.09. The van der Waals surface area contributed by atoms with Gasteiger partial charge in [-0.1, -0.05) is 31.9 Å². The van der Waals surface area contributed by atoms with Crippen LogP contribution in [0.25, 0.3) is 0 Å². The predicted octanol–water partition coefficient (Wildman–Crippen LogP) is 2.94. The van der Waals surface area contributed by atoms with Crippen LogP contribution in [0.2, 0.25) is 0 Å². The fourth-order valence-corrected chi connectivity index (χ4v) is 2.85. The van der Waals surface area contributed by atoms with E-state index in [1.807, 2.05) is 19.2 Å². The van der Waals surface area contributed by atoms with Crippen molar-refractivity contribution in [3.8, 4) is 5.75 Å². The van der Waals surface area contributed by atoms with Gasteiger partial charge in [-0.25, -0.2) is 0 Å². The van der Waals surface area contributed by atoms with Gasteiger partial charge in [-0.15, -0.1) is 0 Å². The summed E-state index contributed by atoms with van der Waals surface area (Å²) < 4.78 is 5.17. The summed E-state index contributed by atoms with van der Waals surface area (Å²) in [6.07, 6.45) is 5.34. The van der Waals surface area contributed by atoms with E-state index in [-0.39, 0.29) is 0 Å². The lowest BCUT2D eigenvalue weighted by Crippen LogP contribution is -2.41. The molecule has 0 radical (unpaired) electrons. The van der Waals surface area contributed by atoms with E-state index < -0.39 is 0 Å². The molecule has 1 aliphatic carbocycles. The Morgan fingerprint density at radius 1 is 1.19 bits per heavy atom. The Kier molecular flexibility index (Phi) is 5.48. The molecule has 1 aromatic carbocycles. The van der Waals surface area contributed by atoms with Crippen molar-refractivity contribution in [2.24, 2.45) is 10.4 Å². The van der Waals surface area contributed by atoms with Gasteiger partial charge in [0, 0.05) is 20.1 Å². The Morgan fingerprint density at radius 2 is 1.86 bits per heavy atom. The van der Waals surface area contributed by atoms with Crippen LogP contribution in [0.3, 0.4) is 0 Å². The highest BCUT2D eigenvalue weighted by Gasteiger charge is 2.28. The third-order valence-corrected chi connectivity index (χ3v) is 4.34. The van der Waals surface area contributed by atoms with Gasteiger partial charge in [-0.3, -0.25) is 4.99 Å². The van der Waals surface area contributed by atoms with Gasteiger partial charge in [0.1, 0.15) is 5.75 Å². The van der Waals surface area contributed by atoms with Crippen molar-refractivity contribution < 1.29 is 4.74 Å².